The Hall–Kier alpha value is -2.47. The molecule has 3 aromatic rings. The van der Waals surface area contributed by atoms with Crippen LogP contribution in [-0.2, 0) is 0 Å². The normalized spacial score (nSPS) is 10.9. The molecule has 0 aliphatic carbocycles. The molecule has 0 spiro atoms. The van der Waals surface area contributed by atoms with Crippen molar-refractivity contribution in [3.63, 3.8) is 0 Å². The highest BCUT2D eigenvalue weighted by Gasteiger charge is 2.14. The van der Waals surface area contributed by atoms with Crippen LogP contribution >= 0.6 is 11.6 Å². The molecule has 3 aromatic heterocycles. The first-order valence-corrected chi connectivity index (χ1v) is 6.22. The van der Waals surface area contributed by atoms with Crippen LogP contribution in [0, 0.1) is 6.92 Å². The molecule has 3 rings (SSSR count). The number of aromatic nitrogens is 4. The van der Waals surface area contributed by atoms with E-state index in [1.54, 1.807) is 22.7 Å². The molecule has 0 unspecified atom stereocenters. The summed E-state index contributed by atoms with van der Waals surface area (Å²) >= 11 is 5.88. The summed E-state index contributed by atoms with van der Waals surface area (Å²) < 4.78 is 1.56. The Bertz CT molecular complexity index is 827. The van der Waals surface area contributed by atoms with E-state index in [-0.39, 0.29) is 5.56 Å². The molecule has 20 heavy (non-hydrogen) atoms. The number of fused-ring (bicyclic) bond motifs is 1. The zero-order valence-corrected chi connectivity index (χ0v) is 11.3. The number of nitrogens with zero attached hydrogens (tertiary/aromatic N) is 4. The minimum absolute atomic E-state index is 0.275. The quantitative estimate of drug-likeness (QED) is 0.729. The molecular weight excluding hydrogens is 278 g/mol. The third-order valence-corrected chi connectivity index (χ3v) is 3.10. The van der Waals surface area contributed by atoms with E-state index in [4.69, 9.17) is 17.3 Å². The molecule has 0 aliphatic rings. The molecule has 2 N–H and O–H groups in total. The Morgan fingerprint density at radius 1 is 1.30 bits per heavy atom. The van der Waals surface area contributed by atoms with E-state index < -0.39 is 5.91 Å². The van der Waals surface area contributed by atoms with Crippen LogP contribution in [0.3, 0.4) is 0 Å². The summed E-state index contributed by atoms with van der Waals surface area (Å²) in [4.78, 5) is 20.0. The molecule has 0 atom stereocenters. The Labute approximate surface area is 119 Å². The predicted octanol–water partition coefficient (Wildman–Crippen LogP) is 1.85. The molecule has 0 aliphatic heterocycles. The zero-order chi connectivity index (χ0) is 14.3. The van der Waals surface area contributed by atoms with Gasteiger partial charge in [0.1, 0.15) is 10.7 Å². The minimum Gasteiger partial charge on any atom is -0.365 e. The van der Waals surface area contributed by atoms with Crippen molar-refractivity contribution in [2.24, 2.45) is 5.73 Å². The van der Waals surface area contributed by atoms with Crippen molar-refractivity contribution in [3.8, 4) is 11.4 Å². The third-order valence-electron chi connectivity index (χ3n) is 2.89. The highest BCUT2D eigenvalue weighted by Crippen LogP contribution is 2.20. The Kier molecular flexibility index (Phi) is 2.87. The zero-order valence-electron chi connectivity index (χ0n) is 10.5. The van der Waals surface area contributed by atoms with Crippen LogP contribution in [0.25, 0.3) is 17.0 Å². The molecule has 3 heterocycles. The van der Waals surface area contributed by atoms with E-state index >= 15 is 0 Å². The monoisotopic (exact) mass is 287 g/mol. The first-order chi connectivity index (χ1) is 9.56. The van der Waals surface area contributed by atoms with Crippen LogP contribution < -0.4 is 5.73 Å². The largest absolute Gasteiger partial charge is 0.365 e. The first kappa shape index (κ1) is 12.6. The lowest BCUT2D eigenvalue weighted by atomic mass is 10.2. The lowest BCUT2D eigenvalue weighted by Crippen LogP contribution is -2.11. The van der Waals surface area contributed by atoms with E-state index in [2.05, 4.69) is 15.1 Å². The van der Waals surface area contributed by atoms with Gasteiger partial charge in [0.15, 0.2) is 5.65 Å². The Morgan fingerprint density at radius 3 is 2.80 bits per heavy atom. The summed E-state index contributed by atoms with van der Waals surface area (Å²) in [6.07, 6.45) is 1.41. The number of hydrogen-bond acceptors (Lipinski definition) is 4. The number of nitrogens with two attached hydrogens (primary N) is 1. The van der Waals surface area contributed by atoms with E-state index in [1.807, 2.05) is 13.0 Å². The standard InChI is InChI=1S/C13H10ClN5O/c1-7-5-10(9-3-2-4-11(14)17-9)18-13-8(12(15)20)6-16-19(7)13/h2-6H,1H3,(H2,15,20). The van der Waals surface area contributed by atoms with Crippen molar-refractivity contribution in [3.05, 3.63) is 46.9 Å². The second-order valence-electron chi connectivity index (χ2n) is 4.29. The maximum Gasteiger partial charge on any atom is 0.254 e. The van der Waals surface area contributed by atoms with Crippen LogP contribution in [0.2, 0.25) is 5.15 Å². The number of carbonyl (C=O) groups excluding carboxylic acids is 1. The second-order valence-corrected chi connectivity index (χ2v) is 4.67. The van der Waals surface area contributed by atoms with Crippen molar-refractivity contribution in [2.75, 3.05) is 0 Å². The number of primary amides is 1. The van der Waals surface area contributed by atoms with Gasteiger partial charge in [-0.1, -0.05) is 17.7 Å². The molecule has 6 nitrogen and oxygen atoms in total. The fourth-order valence-electron chi connectivity index (χ4n) is 1.97. The lowest BCUT2D eigenvalue weighted by Gasteiger charge is -2.05. The van der Waals surface area contributed by atoms with Gasteiger partial charge in [-0.15, -0.1) is 0 Å². The molecule has 7 heteroatoms. The highest BCUT2D eigenvalue weighted by atomic mass is 35.5. The fourth-order valence-corrected chi connectivity index (χ4v) is 2.13. The SMILES string of the molecule is Cc1cc(-c2cccc(Cl)n2)nc2c(C(N)=O)cnn12. The number of pyridine rings is 1. The number of aryl methyl sites for hydroxylation is 1. The van der Waals surface area contributed by atoms with Crippen molar-refractivity contribution < 1.29 is 4.79 Å². The molecule has 0 saturated heterocycles. The number of carbonyl (C=O) groups is 1. The van der Waals surface area contributed by atoms with Crippen molar-refractivity contribution in [1.82, 2.24) is 19.6 Å². The summed E-state index contributed by atoms with van der Waals surface area (Å²) in [7, 11) is 0. The Balaban J connectivity index is 2.27. The summed E-state index contributed by atoms with van der Waals surface area (Å²) in [6, 6.07) is 7.09. The lowest BCUT2D eigenvalue weighted by molar-refractivity contribution is 0.100. The van der Waals surface area contributed by atoms with Gasteiger partial charge < -0.3 is 5.73 Å². The predicted molar refractivity (Wildman–Crippen MR) is 74.5 cm³/mol. The first-order valence-electron chi connectivity index (χ1n) is 5.84. The molecule has 0 saturated carbocycles. The van der Waals surface area contributed by atoms with Gasteiger partial charge in [-0.2, -0.15) is 5.10 Å². The van der Waals surface area contributed by atoms with E-state index in [1.165, 1.54) is 6.20 Å². The van der Waals surface area contributed by atoms with E-state index in [0.29, 0.717) is 22.2 Å². The van der Waals surface area contributed by atoms with E-state index in [0.717, 1.165) is 5.69 Å². The van der Waals surface area contributed by atoms with Gasteiger partial charge in [0.25, 0.3) is 5.91 Å². The molecule has 0 fully saturated rings. The average molecular weight is 288 g/mol. The maximum atomic E-state index is 11.4. The summed E-state index contributed by atoms with van der Waals surface area (Å²) in [5.41, 5.74) is 8.06. The minimum atomic E-state index is -0.567. The number of hydrogen-bond donors (Lipinski definition) is 1. The molecule has 1 amide bonds. The molecule has 100 valence electrons. The van der Waals surface area contributed by atoms with Gasteiger partial charge in [0.05, 0.1) is 17.6 Å². The van der Waals surface area contributed by atoms with Crippen LogP contribution in [0.4, 0.5) is 0 Å². The summed E-state index contributed by atoms with van der Waals surface area (Å²) in [5.74, 6) is -0.567. The second kappa shape index (κ2) is 4.57. The molecular formula is C13H10ClN5O. The number of amides is 1. The highest BCUT2D eigenvalue weighted by molar-refractivity contribution is 6.29. The fraction of sp³-hybridized carbons (Fsp3) is 0.0769. The van der Waals surface area contributed by atoms with Gasteiger partial charge >= 0.3 is 0 Å². The third kappa shape index (κ3) is 2.00. The van der Waals surface area contributed by atoms with Gasteiger partial charge in [-0.3, -0.25) is 4.79 Å². The molecule has 0 aromatic carbocycles. The van der Waals surface area contributed by atoms with Crippen molar-refractivity contribution >= 4 is 23.2 Å². The van der Waals surface area contributed by atoms with Crippen LogP contribution in [-0.4, -0.2) is 25.5 Å². The average Bonchev–Trinajstić information content (AvgIpc) is 2.83. The van der Waals surface area contributed by atoms with E-state index in [9.17, 15) is 4.79 Å². The van der Waals surface area contributed by atoms with Gasteiger partial charge in [-0.25, -0.2) is 14.5 Å². The maximum absolute atomic E-state index is 11.4. The van der Waals surface area contributed by atoms with Gasteiger partial charge in [-0.05, 0) is 25.1 Å². The van der Waals surface area contributed by atoms with Gasteiger partial charge in [0.2, 0.25) is 0 Å². The van der Waals surface area contributed by atoms with Gasteiger partial charge in [0, 0.05) is 5.69 Å². The number of rotatable bonds is 2. The molecule has 0 radical (unpaired) electrons. The summed E-state index contributed by atoms with van der Waals surface area (Å²) in [6.45, 7) is 1.86. The summed E-state index contributed by atoms with van der Waals surface area (Å²) in [5, 5.41) is 4.48. The van der Waals surface area contributed by atoms with Crippen molar-refractivity contribution in [2.45, 2.75) is 6.92 Å². The molecule has 0 bridgehead atoms. The Morgan fingerprint density at radius 2 is 2.10 bits per heavy atom. The van der Waals surface area contributed by atoms with Crippen LogP contribution in [0.1, 0.15) is 16.1 Å². The smallest absolute Gasteiger partial charge is 0.254 e. The van der Waals surface area contributed by atoms with Crippen molar-refractivity contribution in [1.29, 1.82) is 0 Å². The topological polar surface area (TPSA) is 86.2 Å². The number of halogens is 1. The van der Waals surface area contributed by atoms with Crippen LogP contribution in [0.5, 0.6) is 0 Å². The van der Waals surface area contributed by atoms with Crippen LogP contribution in [0.15, 0.2) is 30.5 Å².